The lowest BCUT2D eigenvalue weighted by molar-refractivity contribution is 0.0425. The van der Waals surface area contributed by atoms with E-state index in [0.717, 1.165) is 9.87 Å². The highest BCUT2D eigenvalue weighted by Gasteiger charge is 2.27. The molecule has 0 N–H and O–H groups in total. The topological polar surface area (TPSA) is 103 Å². The number of esters is 1. The molecule has 0 aliphatic carbocycles. The van der Waals surface area contributed by atoms with Crippen molar-refractivity contribution in [2.45, 2.75) is 11.5 Å². The molecule has 0 fully saturated rings. The molecular weight excluding hydrogens is 430 g/mol. The van der Waals surface area contributed by atoms with E-state index in [1.807, 2.05) is 30.3 Å². The average molecular weight is 449 g/mol. The van der Waals surface area contributed by atoms with E-state index in [9.17, 15) is 13.2 Å². The van der Waals surface area contributed by atoms with Gasteiger partial charge in [0.1, 0.15) is 4.90 Å². The predicted octanol–water partition coefficient (Wildman–Crippen LogP) is 3.92. The van der Waals surface area contributed by atoms with Gasteiger partial charge >= 0.3 is 5.97 Å². The molecule has 0 bridgehead atoms. The van der Waals surface area contributed by atoms with E-state index in [1.54, 1.807) is 42.5 Å². The van der Waals surface area contributed by atoms with Crippen molar-refractivity contribution in [3.8, 4) is 11.4 Å². The first kappa shape index (κ1) is 21.3. The second-order valence-electron chi connectivity index (χ2n) is 6.76. The molecule has 32 heavy (non-hydrogen) atoms. The lowest BCUT2D eigenvalue weighted by Gasteiger charge is -2.20. The number of aromatic nitrogens is 2. The van der Waals surface area contributed by atoms with Crippen LogP contribution in [0.15, 0.2) is 94.3 Å². The summed E-state index contributed by atoms with van der Waals surface area (Å²) in [7, 11) is -2.57. The Morgan fingerprint density at radius 2 is 1.56 bits per heavy atom. The van der Waals surface area contributed by atoms with Crippen LogP contribution in [0.25, 0.3) is 11.4 Å². The fourth-order valence-electron chi connectivity index (χ4n) is 3.01. The van der Waals surface area contributed by atoms with Crippen LogP contribution in [-0.2, 0) is 21.4 Å². The van der Waals surface area contributed by atoms with Crippen LogP contribution in [0.1, 0.15) is 16.2 Å². The number of rotatable bonds is 7. The molecule has 0 aliphatic rings. The normalized spacial score (nSPS) is 11.2. The summed E-state index contributed by atoms with van der Waals surface area (Å²) in [5.74, 6) is -0.354. The molecule has 9 heteroatoms. The third-order valence-corrected chi connectivity index (χ3v) is 6.54. The van der Waals surface area contributed by atoms with E-state index < -0.39 is 16.0 Å². The number of nitrogens with zero attached hydrogens (tertiary/aromatic N) is 3. The van der Waals surface area contributed by atoms with Crippen LogP contribution in [0.5, 0.6) is 0 Å². The molecule has 3 aromatic carbocycles. The highest BCUT2D eigenvalue weighted by Crippen LogP contribution is 2.25. The predicted molar refractivity (Wildman–Crippen MR) is 117 cm³/mol. The van der Waals surface area contributed by atoms with Crippen LogP contribution in [0.2, 0.25) is 0 Å². The molecule has 4 rings (SSSR count). The molecule has 0 unspecified atom stereocenters. The number of ether oxygens (including phenoxy) is 1. The number of hydrogen-bond acceptors (Lipinski definition) is 7. The van der Waals surface area contributed by atoms with Crippen LogP contribution in [0.4, 0.5) is 5.69 Å². The van der Waals surface area contributed by atoms with E-state index in [0.29, 0.717) is 11.5 Å². The van der Waals surface area contributed by atoms with Gasteiger partial charge < -0.3 is 9.26 Å². The minimum absolute atomic E-state index is 0.0851. The van der Waals surface area contributed by atoms with Gasteiger partial charge in [0.05, 0.1) is 11.3 Å². The fourth-order valence-corrected chi connectivity index (χ4v) is 4.38. The van der Waals surface area contributed by atoms with Gasteiger partial charge in [0.15, 0.2) is 6.61 Å². The molecule has 0 aliphatic heterocycles. The van der Waals surface area contributed by atoms with Crippen molar-refractivity contribution in [3.05, 3.63) is 96.4 Å². The Morgan fingerprint density at radius 1 is 0.938 bits per heavy atom. The van der Waals surface area contributed by atoms with Crippen molar-refractivity contribution >= 4 is 21.7 Å². The molecule has 0 radical (unpaired) electrons. The van der Waals surface area contributed by atoms with Gasteiger partial charge in [-0.3, -0.25) is 4.31 Å². The molecular formula is C23H19N3O5S. The van der Waals surface area contributed by atoms with Crippen LogP contribution in [0.3, 0.4) is 0 Å². The van der Waals surface area contributed by atoms with Crippen LogP contribution in [-0.4, -0.2) is 31.6 Å². The number of para-hydroxylation sites is 1. The summed E-state index contributed by atoms with van der Waals surface area (Å²) in [6.45, 7) is -0.290. The first-order chi connectivity index (χ1) is 15.5. The van der Waals surface area contributed by atoms with E-state index in [2.05, 4.69) is 10.1 Å². The average Bonchev–Trinajstić information content (AvgIpc) is 3.32. The molecule has 4 aromatic rings. The summed E-state index contributed by atoms with van der Waals surface area (Å²) < 4.78 is 37.9. The number of anilines is 1. The van der Waals surface area contributed by atoms with Gasteiger partial charge in [0.25, 0.3) is 15.9 Å². The Balaban J connectivity index is 1.53. The Bertz CT molecular complexity index is 1320. The van der Waals surface area contributed by atoms with Crippen LogP contribution >= 0.6 is 0 Å². The molecule has 0 saturated heterocycles. The number of sulfonamides is 1. The van der Waals surface area contributed by atoms with E-state index in [1.165, 1.54) is 19.2 Å². The van der Waals surface area contributed by atoms with Crippen molar-refractivity contribution in [1.29, 1.82) is 0 Å². The number of hydrogen-bond donors (Lipinski definition) is 0. The lowest BCUT2D eigenvalue weighted by Crippen LogP contribution is -2.28. The minimum Gasteiger partial charge on any atom is -0.452 e. The smallest absolute Gasteiger partial charge is 0.340 e. The molecule has 0 amide bonds. The summed E-state index contributed by atoms with van der Waals surface area (Å²) in [4.78, 5) is 16.8. The van der Waals surface area contributed by atoms with Crippen molar-refractivity contribution in [2.24, 2.45) is 0 Å². The number of carbonyl (C=O) groups is 1. The van der Waals surface area contributed by atoms with Gasteiger partial charge in [-0.05, 0) is 24.3 Å². The summed E-state index contributed by atoms with van der Waals surface area (Å²) in [5.41, 5.74) is 1.14. The maximum absolute atomic E-state index is 13.2. The Labute approximate surface area is 185 Å². The maximum Gasteiger partial charge on any atom is 0.340 e. The maximum atomic E-state index is 13.2. The highest BCUT2D eigenvalue weighted by atomic mass is 32.2. The third kappa shape index (κ3) is 4.37. The summed E-state index contributed by atoms with van der Waals surface area (Å²) in [5, 5.41) is 3.87. The summed E-state index contributed by atoms with van der Waals surface area (Å²) >= 11 is 0. The third-order valence-electron chi connectivity index (χ3n) is 4.69. The van der Waals surface area contributed by atoms with Gasteiger partial charge in [-0.1, -0.05) is 65.8 Å². The molecule has 162 valence electrons. The SMILES string of the molecule is CN(c1ccccc1)S(=O)(=O)c1ccccc1C(=O)OCc1nc(-c2ccccc2)no1. The quantitative estimate of drug-likeness (QED) is 0.394. The van der Waals surface area contributed by atoms with Crippen molar-refractivity contribution in [2.75, 3.05) is 11.4 Å². The second-order valence-corrected chi connectivity index (χ2v) is 8.70. The Hall–Kier alpha value is -3.98. The van der Waals surface area contributed by atoms with E-state index in [-0.39, 0.29) is 23.0 Å². The van der Waals surface area contributed by atoms with Gasteiger partial charge in [-0.25, -0.2) is 13.2 Å². The zero-order valence-corrected chi connectivity index (χ0v) is 17.9. The van der Waals surface area contributed by atoms with Gasteiger partial charge in [-0.15, -0.1) is 0 Å². The van der Waals surface area contributed by atoms with Gasteiger partial charge in [-0.2, -0.15) is 4.98 Å². The molecule has 0 saturated carbocycles. The molecule has 8 nitrogen and oxygen atoms in total. The minimum atomic E-state index is -4.00. The Kier molecular flexibility index (Phi) is 6.00. The molecule has 1 heterocycles. The monoisotopic (exact) mass is 449 g/mol. The first-order valence-corrected chi connectivity index (χ1v) is 11.1. The van der Waals surface area contributed by atoms with Gasteiger partial charge in [0, 0.05) is 12.6 Å². The summed E-state index contributed by atoms with van der Waals surface area (Å²) in [6.07, 6.45) is 0. The van der Waals surface area contributed by atoms with Crippen molar-refractivity contribution in [3.63, 3.8) is 0 Å². The lowest BCUT2D eigenvalue weighted by atomic mass is 10.2. The highest BCUT2D eigenvalue weighted by molar-refractivity contribution is 7.92. The zero-order valence-electron chi connectivity index (χ0n) is 17.1. The standard InChI is InChI=1S/C23H19N3O5S/c1-26(18-12-6-3-7-13-18)32(28,29)20-15-9-8-14-19(20)23(27)30-16-21-24-22(25-31-21)17-10-4-2-5-11-17/h2-15H,16H2,1H3. The largest absolute Gasteiger partial charge is 0.452 e. The summed E-state index contributed by atoms with van der Waals surface area (Å²) in [6, 6.07) is 23.7. The van der Waals surface area contributed by atoms with E-state index >= 15 is 0 Å². The Morgan fingerprint density at radius 3 is 2.28 bits per heavy atom. The molecule has 0 spiro atoms. The van der Waals surface area contributed by atoms with Gasteiger partial charge in [0.2, 0.25) is 5.82 Å². The van der Waals surface area contributed by atoms with Crippen LogP contribution < -0.4 is 4.31 Å². The van der Waals surface area contributed by atoms with E-state index in [4.69, 9.17) is 9.26 Å². The number of carbonyl (C=O) groups excluding carboxylic acids is 1. The van der Waals surface area contributed by atoms with Crippen molar-refractivity contribution < 1.29 is 22.5 Å². The molecule has 1 aromatic heterocycles. The van der Waals surface area contributed by atoms with Crippen molar-refractivity contribution in [1.82, 2.24) is 10.1 Å². The zero-order chi connectivity index (χ0) is 22.6. The molecule has 0 atom stereocenters. The first-order valence-electron chi connectivity index (χ1n) is 9.65. The fraction of sp³-hybridized carbons (Fsp3) is 0.0870. The number of benzene rings is 3. The van der Waals surface area contributed by atoms with Crippen LogP contribution in [0, 0.1) is 0 Å². The second kappa shape index (κ2) is 9.03.